The van der Waals surface area contributed by atoms with E-state index in [0.29, 0.717) is 24.3 Å². The smallest absolute Gasteiger partial charge is 0.381 e. The minimum absolute atomic E-state index is 0.118. The number of anilines is 1. The predicted molar refractivity (Wildman–Crippen MR) is 98.9 cm³/mol. The first kappa shape index (κ1) is 26.3. The molecule has 0 unspecified atom stereocenters. The molecule has 0 heterocycles. The van der Waals surface area contributed by atoms with Crippen molar-refractivity contribution < 1.29 is 49.4 Å². The second-order valence-electron chi connectivity index (χ2n) is 7.07. The lowest BCUT2D eigenvalue weighted by Crippen LogP contribution is -2.48. The Kier molecular flexibility index (Phi) is 7.27. The van der Waals surface area contributed by atoms with Gasteiger partial charge in [-0.2, -0.15) is 39.5 Å². The van der Waals surface area contributed by atoms with Crippen LogP contribution in [0.3, 0.4) is 0 Å². The van der Waals surface area contributed by atoms with Crippen LogP contribution < -0.4 is 10.6 Å². The van der Waals surface area contributed by atoms with Gasteiger partial charge < -0.3 is 15.7 Å². The topological polar surface area (TPSA) is 61.4 Å². The highest BCUT2D eigenvalue weighted by atomic mass is 19.4. The van der Waals surface area contributed by atoms with E-state index >= 15 is 0 Å². The molecule has 0 aromatic heterocycles. The van der Waals surface area contributed by atoms with Gasteiger partial charge in [-0.25, -0.2) is 0 Å². The summed E-state index contributed by atoms with van der Waals surface area (Å²) in [4.78, 5) is 11.0. The van der Waals surface area contributed by atoms with Gasteiger partial charge in [0, 0.05) is 19.2 Å². The number of carbonyl (C=O) groups excluding carboxylic acids is 1. The lowest BCUT2D eigenvalue weighted by atomic mass is 9.91. The Balaban J connectivity index is 2.40. The van der Waals surface area contributed by atoms with Crippen molar-refractivity contribution >= 4 is 11.6 Å². The van der Waals surface area contributed by atoms with Crippen LogP contribution in [0.25, 0.3) is 0 Å². The molecule has 4 nitrogen and oxygen atoms in total. The highest BCUT2D eigenvalue weighted by Gasteiger charge is 2.55. The van der Waals surface area contributed by atoms with E-state index in [2.05, 4.69) is 5.32 Å². The zero-order valence-corrected chi connectivity index (χ0v) is 16.7. The van der Waals surface area contributed by atoms with Crippen molar-refractivity contribution in [2.45, 2.75) is 37.6 Å². The Morgan fingerprint density at radius 2 is 1.48 bits per heavy atom. The highest BCUT2D eigenvalue weighted by Crippen LogP contribution is 2.41. The maximum atomic E-state index is 13.6. The lowest BCUT2D eigenvalue weighted by molar-refractivity contribution is -0.260. The molecule has 182 valence electrons. The molecule has 0 aliphatic heterocycles. The van der Waals surface area contributed by atoms with Gasteiger partial charge in [0.05, 0.1) is 17.7 Å². The summed E-state index contributed by atoms with van der Waals surface area (Å²) in [5.74, 6) is -0.610. The zero-order chi connectivity index (χ0) is 25.2. The fraction of sp³-hybridized carbons (Fsp3) is 0.350. The summed E-state index contributed by atoms with van der Waals surface area (Å²) in [6.45, 7) is -0.893. The number of hydrogen-bond acceptors (Lipinski definition) is 3. The number of nitrogens with one attached hydrogen (secondary N) is 2. The SMILES string of the molecule is CC(=O)NCc1ccc(NC[C@@](O)(c2cccc(C(F)(F)F)c2)C(F)(F)F)cc1C(F)(F)F. The van der Waals surface area contributed by atoms with Crippen LogP contribution in [0.5, 0.6) is 0 Å². The van der Waals surface area contributed by atoms with Crippen LogP contribution >= 0.6 is 0 Å². The molecule has 33 heavy (non-hydrogen) atoms. The summed E-state index contributed by atoms with van der Waals surface area (Å²) < 4.78 is 120. The zero-order valence-electron chi connectivity index (χ0n) is 16.7. The molecule has 0 aliphatic carbocycles. The van der Waals surface area contributed by atoms with Crippen LogP contribution in [0.2, 0.25) is 0 Å². The minimum Gasteiger partial charge on any atom is -0.381 e. The van der Waals surface area contributed by atoms with Crippen molar-refractivity contribution in [3.8, 4) is 0 Å². The fourth-order valence-corrected chi connectivity index (χ4v) is 2.87. The largest absolute Gasteiger partial charge is 0.423 e. The quantitative estimate of drug-likeness (QED) is 0.489. The first-order valence-corrected chi connectivity index (χ1v) is 9.10. The molecule has 1 atom stereocenters. The van der Waals surface area contributed by atoms with Crippen molar-refractivity contribution in [1.82, 2.24) is 5.32 Å². The third-order valence-corrected chi connectivity index (χ3v) is 4.63. The molecule has 2 aromatic carbocycles. The van der Waals surface area contributed by atoms with Crippen LogP contribution in [0.15, 0.2) is 42.5 Å². The number of carbonyl (C=O) groups is 1. The molecule has 0 saturated carbocycles. The van der Waals surface area contributed by atoms with Gasteiger partial charge in [0.2, 0.25) is 11.5 Å². The van der Waals surface area contributed by atoms with Crippen molar-refractivity contribution in [2.75, 3.05) is 11.9 Å². The molecule has 0 spiro atoms. The molecular weight excluding hydrogens is 471 g/mol. The summed E-state index contributed by atoms with van der Waals surface area (Å²) in [5, 5.41) is 14.5. The fourth-order valence-electron chi connectivity index (χ4n) is 2.87. The molecule has 1 amide bonds. The molecule has 0 bridgehead atoms. The molecule has 13 heteroatoms. The van der Waals surface area contributed by atoms with E-state index in [4.69, 9.17) is 0 Å². The minimum atomic E-state index is -5.47. The first-order chi connectivity index (χ1) is 14.9. The summed E-state index contributed by atoms with van der Waals surface area (Å²) in [5.41, 5.74) is -8.53. The summed E-state index contributed by atoms with van der Waals surface area (Å²) in [7, 11) is 0. The van der Waals surface area contributed by atoms with Gasteiger partial charge in [-0.15, -0.1) is 0 Å². The van der Waals surface area contributed by atoms with Crippen LogP contribution in [0, 0.1) is 0 Å². The van der Waals surface area contributed by atoms with E-state index in [1.807, 2.05) is 5.32 Å². The number of halogens is 9. The maximum absolute atomic E-state index is 13.6. The van der Waals surface area contributed by atoms with Crippen molar-refractivity contribution in [3.05, 3.63) is 64.7 Å². The van der Waals surface area contributed by atoms with E-state index in [0.717, 1.165) is 19.1 Å². The molecular formula is C20H17F9N2O2. The van der Waals surface area contributed by atoms with Crippen LogP contribution in [-0.2, 0) is 29.3 Å². The van der Waals surface area contributed by atoms with Gasteiger partial charge in [-0.05, 0) is 35.4 Å². The third-order valence-electron chi connectivity index (χ3n) is 4.63. The summed E-state index contributed by atoms with van der Waals surface area (Å²) >= 11 is 0. The first-order valence-electron chi connectivity index (χ1n) is 9.10. The van der Waals surface area contributed by atoms with Crippen molar-refractivity contribution in [3.63, 3.8) is 0 Å². The van der Waals surface area contributed by atoms with Gasteiger partial charge >= 0.3 is 18.5 Å². The normalized spacial score (nSPS) is 14.5. The predicted octanol–water partition coefficient (Wildman–Crippen LogP) is 5.22. The van der Waals surface area contributed by atoms with Gasteiger partial charge in [-0.3, -0.25) is 4.79 Å². The molecule has 0 aliphatic rings. The van der Waals surface area contributed by atoms with Gasteiger partial charge in [-0.1, -0.05) is 18.2 Å². The average molecular weight is 488 g/mol. The van der Waals surface area contributed by atoms with E-state index in [1.54, 1.807) is 0 Å². The Labute approximate surface area is 181 Å². The molecule has 0 saturated heterocycles. The van der Waals surface area contributed by atoms with Crippen LogP contribution in [0.4, 0.5) is 45.2 Å². The second kappa shape index (κ2) is 9.12. The van der Waals surface area contributed by atoms with Gasteiger partial charge in [0.1, 0.15) is 0 Å². The Bertz CT molecular complexity index is 1000. The Morgan fingerprint density at radius 1 is 0.879 bits per heavy atom. The number of rotatable bonds is 6. The average Bonchev–Trinajstić information content (AvgIpc) is 2.68. The van der Waals surface area contributed by atoms with E-state index in [-0.39, 0.29) is 11.6 Å². The summed E-state index contributed by atoms with van der Waals surface area (Å²) in [6, 6.07) is 4.30. The van der Waals surface area contributed by atoms with Crippen molar-refractivity contribution in [1.29, 1.82) is 0 Å². The molecule has 0 fully saturated rings. The third kappa shape index (κ3) is 6.30. The monoisotopic (exact) mass is 488 g/mol. The number of benzene rings is 2. The second-order valence-corrected chi connectivity index (χ2v) is 7.07. The maximum Gasteiger partial charge on any atom is 0.423 e. The number of amides is 1. The molecule has 3 N–H and O–H groups in total. The number of alkyl halides is 9. The highest BCUT2D eigenvalue weighted by molar-refractivity contribution is 5.72. The van der Waals surface area contributed by atoms with Crippen molar-refractivity contribution in [2.24, 2.45) is 0 Å². The number of hydrogen-bond donors (Lipinski definition) is 3. The lowest BCUT2D eigenvalue weighted by Gasteiger charge is -2.32. The molecule has 2 rings (SSSR count). The van der Waals surface area contributed by atoms with Crippen LogP contribution in [-0.4, -0.2) is 23.7 Å². The van der Waals surface area contributed by atoms with Crippen LogP contribution in [0.1, 0.15) is 29.2 Å². The molecule has 0 radical (unpaired) electrons. The van der Waals surface area contributed by atoms with Gasteiger partial charge in [0.25, 0.3) is 0 Å². The van der Waals surface area contributed by atoms with E-state index in [9.17, 15) is 49.4 Å². The number of aliphatic hydroxyl groups is 1. The summed E-state index contributed by atoms with van der Waals surface area (Å²) in [6.07, 6.45) is -15.4. The Hall–Kier alpha value is -2.96. The Morgan fingerprint density at radius 3 is 2.00 bits per heavy atom. The van der Waals surface area contributed by atoms with E-state index < -0.39 is 65.5 Å². The molecule has 2 aromatic rings. The standard InChI is InChI=1S/C20H17F9N2O2/c1-11(32)30-9-12-5-6-15(8-16(12)19(24,25)26)31-10-17(33,20(27,28)29)13-3-2-4-14(7-13)18(21,22)23/h2-8,31,33H,9-10H2,1H3,(H,30,32)/t17-/m1/s1. The van der Waals surface area contributed by atoms with E-state index in [1.165, 1.54) is 0 Å². The van der Waals surface area contributed by atoms with Gasteiger partial charge in [0.15, 0.2) is 0 Å².